The van der Waals surface area contributed by atoms with E-state index in [0.29, 0.717) is 28.3 Å². The zero-order valence-electron chi connectivity index (χ0n) is 26.4. The Morgan fingerprint density at radius 1 is 0.440 bits per heavy atom. The van der Waals surface area contributed by atoms with Crippen LogP contribution >= 0.6 is 0 Å². The fourth-order valence-corrected chi connectivity index (χ4v) is 7.10. The Morgan fingerprint density at radius 3 is 1.68 bits per heavy atom. The lowest BCUT2D eigenvalue weighted by Gasteiger charge is -2.16. The second kappa shape index (κ2) is 11.3. The normalized spacial score (nSPS) is 11.1. The Labute approximate surface area is 286 Å². The molecule has 0 aliphatic carbocycles. The molecule has 7 nitrogen and oxygen atoms in total. The molecule has 0 aliphatic rings. The smallest absolute Gasteiger partial charge is 0.140 e. The van der Waals surface area contributed by atoms with Crippen molar-refractivity contribution in [2.24, 2.45) is 0 Å². The number of pyridine rings is 2. The summed E-state index contributed by atoms with van der Waals surface area (Å²) in [7, 11) is 0. The number of benzene rings is 5. The topological polar surface area (TPSA) is 107 Å². The lowest BCUT2D eigenvalue weighted by atomic mass is 9.94. The van der Waals surface area contributed by atoms with Gasteiger partial charge in [-0.2, -0.15) is 15.8 Å². The van der Waals surface area contributed by atoms with Gasteiger partial charge >= 0.3 is 0 Å². The summed E-state index contributed by atoms with van der Waals surface area (Å²) in [6, 6.07) is 48.4. The van der Waals surface area contributed by atoms with Gasteiger partial charge in [0.25, 0.3) is 0 Å². The molecule has 5 aromatic carbocycles. The molecule has 9 rings (SSSR count). The molecule has 0 radical (unpaired) electrons. The summed E-state index contributed by atoms with van der Waals surface area (Å²) < 4.78 is 4.25. The number of nitriles is 3. The number of aromatic nitrogens is 4. The highest BCUT2D eigenvalue weighted by Crippen LogP contribution is 2.39. The van der Waals surface area contributed by atoms with Crippen molar-refractivity contribution in [3.05, 3.63) is 156 Å². The predicted octanol–water partition coefficient (Wildman–Crippen LogP) is 9.62. The van der Waals surface area contributed by atoms with Crippen molar-refractivity contribution in [3.63, 3.8) is 0 Å². The van der Waals surface area contributed by atoms with Crippen molar-refractivity contribution in [2.75, 3.05) is 0 Å². The molecule has 7 heteroatoms. The maximum absolute atomic E-state index is 9.78. The lowest BCUT2D eigenvalue weighted by molar-refractivity contribution is 1.01. The molecule has 0 amide bonds. The Bertz CT molecular complexity index is 2850. The summed E-state index contributed by atoms with van der Waals surface area (Å²) >= 11 is 0. The van der Waals surface area contributed by atoms with Gasteiger partial charge in [0.15, 0.2) is 0 Å². The number of para-hydroxylation sites is 1. The van der Waals surface area contributed by atoms with Crippen LogP contribution in [0.2, 0.25) is 0 Å². The van der Waals surface area contributed by atoms with E-state index < -0.39 is 0 Å². The third-order valence-corrected chi connectivity index (χ3v) is 9.30. The fourth-order valence-electron chi connectivity index (χ4n) is 7.10. The van der Waals surface area contributed by atoms with E-state index in [9.17, 15) is 15.8 Å². The fraction of sp³-hybridized carbons (Fsp3) is 0. The third kappa shape index (κ3) is 4.42. The Balaban J connectivity index is 1.41. The molecule has 4 aromatic heterocycles. The highest BCUT2D eigenvalue weighted by molar-refractivity contribution is 6.11. The van der Waals surface area contributed by atoms with E-state index in [0.717, 1.165) is 65.9 Å². The molecule has 0 atom stereocenters. The van der Waals surface area contributed by atoms with Crippen LogP contribution in [0.3, 0.4) is 0 Å². The summed E-state index contributed by atoms with van der Waals surface area (Å²) in [4.78, 5) is 9.88. The van der Waals surface area contributed by atoms with Crippen molar-refractivity contribution < 1.29 is 0 Å². The minimum atomic E-state index is 0.535. The van der Waals surface area contributed by atoms with Gasteiger partial charge < -0.3 is 0 Å². The van der Waals surface area contributed by atoms with E-state index in [4.69, 9.17) is 4.98 Å². The quantitative estimate of drug-likeness (QED) is 0.191. The van der Waals surface area contributed by atoms with E-state index in [1.165, 1.54) is 0 Å². The molecule has 0 fully saturated rings. The first kappa shape index (κ1) is 28.7. The van der Waals surface area contributed by atoms with Crippen LogP contribution in [0.25, 0.3) is 77.5 Å². The van der Waals surface area contributed by atoms with E-state index in [-0.39, 0.29) is 0 Å². The Hall–Kier alpha value is -7.53. The number of hydrogen-bond acceptors (Lipinski definition) is 5. The Kier molecular flexibility index (Phi) is 6.49. The number of hydrogen-bond donors (Lipinski definition) is 0. The maximum Gasteiger partial charge on any atom is 0.140 e. The minimum Gasteiger partial charge on any atom is -0.294 e. The van der Waals surface area contributed by atoms with Gasteiger partial charge in [0.05, 0.1) is 63.2 Å². The summed E-state index contributed by atoms with van der Waals surface area (Å²) in [6.07, 6.45) is 3.68. The van der Waals surface area contributed by atoms with E-state index >= 15 is 0 Å². The van der Waals surface area contributed by atoms with Gasteiger partial charge in [-0.1, -0.05) is 54.6 Å². The van der Waals surface area contributed by atoms with Crippen molar-refractivity contribution in [1.29, 1.82) is 15.8 Å². The zero-order chi connectivity index (χ0) is 33.8. The average molecular weight is 638 g/mol. The number of nitrogens with zero attached hydrogens (tertiary/aromatic N) is 7. The van der Waals surface area contributed by atoms with Crippen LogP contribution in [0.15, 0.2) is 140 Å². The number of fused-ring (bicyclic) bond motifs is 6. The molecule has 0 spiro atoms. The summed E-state index contributed by atoms with van der Waals surface area (Å²) in [6.45, 7) is 0. The standard InChI is InChI=1S/C43H23N7/c44-23-27-6-5-7-30(18-27)32-8-1-2-9-33(32)31-21-42(48-43(22-31)50-38-11-4-3-10-34(38)35-16-17-47-26-41(35)50)49-39-14-12-28(24-45)19-36(39)37-20-29(25-46)13-15-40(37)49/h1-22,26H. The molecule has 230 valence electrons. The predicted molar refractivity (Wildman–Crippen MR) is 196 cm³/mol. The van der Waals surface area contributed by atoms with Crippen LogP contribution in [0.5, 0.6) is 0 Å². The molecule has 0 bridgehead atoms. The van der Waals surface area contributed by atoms with E-state index in [2.05, 4.69) is 68.7 Å². The number of rotatable bonds is 4. The summed E-state index contributed by atoms with van der Waals surface area (Å²) in [5.74, 6) is 1.37. The highest BCUT2D eigenvalue weighted by Gasteiger charge is 2.20. The molecule has 4 heterocycles. The van der Waals surface area contributed by atoms with Gasteiger partial charge in [-0.25, -0.2) is 4.98 Å². The van der Waals surface area contributed by atoms with Gasteiger partial charge in [-0.05, 0) is 95.1 Å². The molecule has 9 aromatic rings. The van der Waals surface area contributed by atoms with Crippen LogP contribution in [0, 0.1) is 34.0 Å². The van der Waals surface area contributed by atoms with Gasteiger partial charge in [0.1, 0.15) is 11.6 Å². The first-order valence-electron chi connectivity index (χ1n) is 16.0. The van der Waals surface area contributed by atoms with Crippen molar-refractivity contribution in [3.8, 4) is 52.1 Å². The van der Waals surface area contributed by atoms with Crippen LogP contribution in [-0.2, 0) is 0 Å². The van der Waals surface area contributed by atoms with Crippen LogP contribution in [0.1, 0.15) is 16.7 Å². The first-order valence-corrected chi connectivity index (χ1v) is 16.0. The van der Waals surface area contributed by atoms with Crippen LogP contribution in [-0.4, -0.2) is 19.1 Å². The van der Waals surface area contributed by atoms with E-state index in [1.807, 2.05) is 103 Å². The highest BCUT2D eigenvalue weighted by atomic mass is 15.1. The molecule has 0 aliphatic heterocycles. The lowest BCUT2D eigenvalue weighted by Crippen LogP contribution is -2.05. The minimum absolute atomic E-state index is 0.535. The second-order valence-corrected chi connectivity index (χ2v) is 12.1. The summed E-state index contributed by atoms with van der Waals surface area (Å²) in [5, 5.41) is 33.1. The third-order valence-electron chi connectivity index (χ3n) is 9.30. The summed E-state index contributed by atoms with van der Waals surface area (Å²) in [5.41, 5.74) is 9.14. The monoisotopic (exact) mass is 637 g/mol. The largest absolute Gasteiger partial charge is 0.294 e. The van der Waals surface area contributed by atoms with Crippen LogP contribution < -0.4 is 0 Å². The maximum atomic E-state index is 9.78. The van der Waals surface area contributed by atoms with Crippen molar-refractivity contribution >= 4 is 43.6 Å². The SMILES string of the molecule is N#Cc1cccc(-c2ccccc2-c2cc(-n3c4ccc(C#N)cc4c4cc(C#N)ccc43)nc(-n3c4ccccc4c4ccncc43)c2)c1. The van der Waals surface area contributed by atoms with Gasteiger partial charge in [-0.3, -0.25) is 14.1 Å². The molecular weight excluding hydrogens is 615 g/mol. The molecule has 0 saturated carbocycles. The van der Waals surface area contributed by atoms with Gasteiger partial charge in [0, 0.05) is 27.7 Å². The average Bonchev–Trinajstić information content (AvgIpc) is 3.70. The van der Waals surface area contributed by atoms with Crippen LogP contribution in [0.4, 0.5) is 0 Å². The van der Waals surface area contributed by atoms with Crippen molar-refractivity contribution in [1.82, 2.24) is 19.1 Å². The van der Waals surface area contributed by atoms with E-state index in [1.54, 1.807) is 0 Å². The molecule has 0 saturated heterocycles. The zero-order valence-corrected chi connectivity index (χ0v) is 26.4. The van der Waals surface area contributed by atoms with Crippen molar-refractivity contribution in [2.45, 2.75) is 0 Å². The molecule has 50 heavy (non-hydrogen) atoms. The van der Waals surface area contributed by atoms with Gasteiger partial charge in [0.2, 0.25) is 0 Å². The van der Waals surface area contributed by atoms with Gasteiger partial charge in [-0.15, -0.1) is 0 Å². The molecule has 0 N–H and O–H groups in total. The molecular formula is C43H23N7. The first-order chi connectivity index (χ1) is 24.6. The second-order valence-electron chi connectivity index (χ2n) is 12.1. The molecule has 0 unspecified atom stereocenters. The Morgan fingerprint density at radius 2 is 1.00 bits per heavy atom.